The number of hydrogen-bond donors (Lipinski definition) is 2. The van der Waals surface area contributed by atoms with Crippen LogP contribution in [0.3, 0.4) is 0 Å². The Kier molecular flexibility index (Phi) is 4.37. The van der Waals surface area contributed by atoms with Crippen LogP contribution in [0, 0.1) is 6.92 Å². The number of benzene rings is 1. The van der Waals surface area contributed by atoms with Crippen molar-refractivity contribution in [2.45, 2.75) is 26.3 Å². The number of nitrogens with one attached hydrogen (secondary N) is 1. The highest BCUT2D eigenvalue weighted by Crippen LogP contribution is 2.23. The van der Waals surface area contributed by atoms with Crippen molar-refractivity contribution >= 4 is 17.3 Å². The number of carboxylic acid groups (broad SMARTS) is 1. The Balaban J connectivity index is 2.78. The largest absolute Gasteiger partial charge is 0.481 e. The molecule has 1 atom stereocenters. The molecule has 1 unspecified atom stereocenters. The van der Waals surface area contributed by atoms with Gasteiger partial charge in [0, 0.05) is 31.5 Å². The van der Waals surface area contributed by atoms with Gasteiger partial charge in [-0.2, -0.15) is 0 Å². The molecule has 0 radical (unpaired) electrons. The van der Waals surface area contributed by atoms with Crippen molar-refractivity contribution < 1.29 is 9.90 Å². The van der Waals surface area contributed by atoms with Crippen LogP contribution in [0.15, 0.2) is 18.2 Å². The monoisotopic (exact) mass is 236 g/mol. The SMILES string of the molecule is Cc1ccc(NC(C)CC(=O)O)cc1N(C)C. The summed E-state index contributed by atoms with van der Waals surface area (Å²) in [4.78, 5) is 12.6. The highest BCUT2D eigenvalue weighted by Gasteiger charge is 2.08. The Bertz CT molecular complexity index is 402. The summed E-state index contributed by atoms with van der Waals surface area (Å²) < 4.78 is 0. The predicted molar refractivity (Wildman–Crippen MR) is 70.8 cm³/mol. The second-order valence-corrected chi connectivity index (χ2v) is 4.54. The van der Waals surface area contributed by atoms with Crippen LogP contribution in [-0.4, -0.2) is 31.2 Å². The lowest BCUT2D eigenvalue weighted by molar-refractivity contribution is -0.137. The van der Waals surface area contributed by atoms with Gasteiger partial charge in [0.1, 0.15) is 0 Å². The fourth-order valence-corrected chi connectivity index (χ4v) is 1.78. The van der Waals surface area contributed by atoms with E-state index >= 15 is 0 Å². The smallest absolute Gasteiger partial charge is 0.305 e. The molecule has 0 fully saturated rings. The lowest BCUT2D eigenvalue weighted by Gasteiger charge is -2.19. The quantitative estimate of drug-likeness (QED) is 0.824. The number of carbonyl (C=O) groups is 1. The minimum atomic E-state index is -0.787. The zero-order valence-electron chi connectivity index (χ0n) is 10.8. The van der Waals surface area contributed by atoms with Gasteiger partial charge >= 0.3 is 5.97 Å². The second kappa shape index (κ2) is 5.57. The average molecular weight is 236 g/mol. The normalized spacial score (nSPS) is 12.0. The van der Waals surface area contributed by atoms with Crippen molar-refractivity contribution in [2.24, 2.45) is 0 Å². The van der Waals surface area contributed by atoms with E-state index in [4.69, 9.17) is 5.11 Å². The summed E-state index contributed by atoms with van der Waals surface area (Å²) in [6.07, 6.45) is 0.116. The molecular formula is C13H20N2O2. The fraction of sp³-hybridized carbons (Fsp3) is 0.462. The maximum atomic E-state index is 10.6. The number of aliphatic carboxylic acids is 1. The second-order valence-electron chi connectivity index (χ2n) is 4.54. The molecule has 0 aliphatic rings. The van der Waals surface area contributed by atoms with Gasteiger partial charge in [-0.15, -0.1) is 0 Å². The Morgan fingerprint density at radius 2 is 2.12 bits per heavy atom. The van der Waals surface area contributed by atoms with Gasteiger partial charge in [-0.05, 0) is 31.5 Å². The molecule has 1 rings (SSSR count). The van der Waals surface area contributed by atoms with Crippen LogP contribution in [0.2, 0.25) is 0 Å². The molecular weight excluding hydrogens is 216 g/mol. The molecule has 0 bridgehead atoms. The molecule has 4 nitrogen and oxygen atoms in total. The molecule has 17 heavy (non-hydrogen) atoms. The van der Waals surface area contributed by atoms with Crippen molar-refractivity contribution in [3.8, 4) is 0 Å². The molecule has 1 aromatic carbocycles. The van der Waals surface area contributed by atoms with Gasteiger partial charge in [0.15, 0.2) is 0 Å². The van der Waals surface area contributed by atoms with Crippen molar-refractivity contribution in [3.05, 3.63) is 23.8 Å². The maximum absolute atomic E-state index is 10.6. The first-order valence-corrected chi connectivity index (χ1v) is 5.66. The lowest BCUT2D eigenvalue weighted by Crippen LogP contribution is -2.19. The molecule has 0 heterocycles. The van der Waals surface area contributed by atoms with E-state index in [-0.39, 0.29) is 12.5 Å². The Hall–Kier alpha value is -1.71. The Labute approximate surface area is 102 Å². The van der Waals surface area contributed by atoms with Crippen LogP contribution in [0.5, 0.6) is 0 Å². The summed E-state index contributed by atoms with van der Waals surface area (Å²) >= 11 is 0. The third-order valence-corrected chi connectivity index (χ3v) is 2.58. The summed E-state index contributed by atoms with van der Waals surface area (Å²) in [5.41, 5.74) is 3.29. The number of hydrogen-bond acceptors (Lipinski definition) is 3. The maximum Gasteiger partial charge on any atom is 0.305 e. The van der Waals surface area contributed by atoms with E-state index in [0.29, 0.717) is 0 Å². The molecule has 0 saturated carbocycles. The summed E-state index contributed by atoms with van der Waals surface area (Å²) in [7, 11) is 3.99. The third-order valence-electron chi connectivity index (χ3n) is 2.58. The van der Waals surface area contributed by atoms with Crippen molar-refractivity contribution in [1.82, 2.24) is 0 Å². The summed E-state index contributed by atoms with van der Waals surface area (Å²) in [6.45, 7) is 3.92. The first-order chi connectivity index (χ1) is 7.90. The number of anilines is 2. The van der Waals surface area contributed by atoms with E-state index in [1.54, 1.807) is 0 Å². The number of carboxylic acids is 1. The van der Waals surface area contributed by atoms with Gasteiger partial charge < -0.3 is 15.3 Å². The van der Waals surface area contributed by atoms with Gasteiger partial charge in [0.2, 0.25) is 0 Å². The van der Waals surface area contributed by atoms with Crippen molar-refractivity contribution in [2.75, 3.05) is 24.3 Å². The van der Waals surface area contributed by atoms with E-state index in [0.717, 1.165) is 11.4 Å². The molecule has 0 saturated heterocycles. The number of aryl methyl sites for hydroxylation is 1. The summed E-state index contributed by atoms with van der Waals surface area (Å²) in [6, 6.07) is 5.96. The minimum absolute atomic E-state index is 0.0785. The predicted octanol–water partition coefficient (Wildman–Crippen LogP) is 2.34. The van der Waals surface area contributed by atoms with Crippen LogP contribution in [0.1, 0.15) is 18.9 Å². The highest BCUT2D eigenvalue weighted by molar-refractivity contribution is 5.69. The number of rotatable bonds is 5. The van der Waals surface area contributed by atoms with Gasteiger partial charge in [0.25, 0.3) is 0 Å². The molecule has 1 aromatic rings. The van der Waals surface area contributed by atoms with Crippen molar-refractivity contribution in [1.29, 1.82) is 0 Å². The molecule has 4 heteroatoms. The third kappa shape index (κ3) is 3.98. The zero-order chi connectivity index (χ0) is 13.0. The molecule has 0 aromatic heterocycles. The van der Waals surface area contributed by atoms with Crippen LogP contribution in [-0.2, 0) is 4.79 Å². The molecule has 0 aliphatic carbocycles. The van der Waals surface area contributed by atoms with Gasteiger partial charge in [-0.3, -0.25) is 4.79 Å². The van der Waals surface area contributed by atoms with Gasteiger partial charge in [-0.25, -0.2) is 0 Å². The first-order valence-electron chi connectivity index (χ1n) is 5.66. The van der Waals surface area contributed by atoms with E-state index in [9.17, 15) is 4.79 Å². The van der Waals surface area contributed by atoms with Crippen LogP contribution in [0.4, 0.5) is 11.4 Å². The Morgan fingerprint density at radius 1 is 1.47 bits per heavy atom. The van der Waals surface area contributed by atoms with E-state index in [1.807, 2.05) is 44.1 Å². The Morgan fingerprint density at radius 3 is 2.65 bits per heavy atom. The standard InChI is InChI=1S/C13H20N2O2/c1-9-5-6-11(8-12(9)15(3)4)14-10(2)7-13(16)17/h5-6,8,10,14H,7H2,1-4H3,(H,16,17). The first kappa shape index (κ1) is 13.4. The van der Waals surface area contributed by atoms with Crippen LogP contribution in [0.25, 0.3) is 0 Å². The molecule has 0 aliphatic heterocycles. The molecule has 0 spiro atoms. The highest BCUT2D eigenvalue weighted by atomic mass is 16.4. The topological polar surface area (TPSA) is 52.6 Å². The summed E-state index contributed by atoms with van der Waals surface area (Å²) in [5, 5.41) is 11.9. The van der Waals surface area contributed by atoms with Crippen molar-refractivity contribution in [3.63, 3.8) is 0 Å². The zero-order valence-corrected chi connectivity index (χ0v) is 10.8. The lowest BCUT2D eigenvalue weighted by atomic mass is 10.1. The molecule has 94 valence electrons. The van der Waals surface area contributed by atoms with Crippen LogP contribution >= 0.6 is 0 Å². The van der Waals surface area contributed by atoms with E-state index < -0.39 is 5.97 Å². The average Bonchev–Trinajstić information content (AvgIpc) is 2.19. The number of nitrogens with zero attached hydrogens (tertiary/aromatic N) is 1. The molecule has 0 amide bonds. The van der Waals surface area contributed by atoms with Crippen LogP contribution < -0.4 is 10.2 Å². The summed E-state index contributed by atoms with van der Waals surface area (Å²) in [5.74, 6) is -0.787. The van der Waals surface area contributed by atoms with Gasteiger partial charge in [-0.1, -0.05) is 6.07 Å². The van der Waals surface area contributed by atoms with E-state index in [2.05, 4.69) is 12.2 Å². The minimum Gasteiger partial charge on any atom is -0.481 e. The fourth-order valence-electron chi connectivity index (χ4n) is 1.78. The van der Waals surface area contributed by atoms with E-state index in [1.165, 1.54) is 5.56 Å². The van der Waals surface area contributed by atoms with Gasteiger partial charge in [0.05, 0.1) is 6.42 Å². The molecule has 2 N–H and O–H groups in total.